The van der Waals surface area contributed by atoms with E-state index in [1.54, 1.807) is 0 Å². The molecule has 1 aromatic rings. The van der Waals surface area contributed by atoms with Gasteiger partial charge in [-0.3, -0.25) is 0 Å². The summed E-state index contributed by atoms with van der Waals surface area (Å²) in [6.45, 7) is 4.81. The van der Waals surface area contributed by atoms with Gasteiger partial charge < -0.3 is 4.74 Å². The fourth-order valence-electron chi connectivity index (χ4n) is 3.67. The van der Waals surface area contributed by atoms with Gasteiger partial charge in [0.2, 0.25) is 0 Å². The molecule has 0 N–H and O–H groups in total. The number of carbonyl (C=O) groups is 1. The quantitative estimate of drug-likeness (QED) is 0.567. The van der Waals surface area contributed by atoms with E-state index in [1.165, 1.54) is 50.5 Å². The first kappa shape index (κ1) is 18.0. The summed E-state index contributed by atoms with van der Waals surface area (Å²) >= 11 is 0. The maximum Gasteiger partial charge on any atom is 0.338 e. The molecule has 0 aromatic heterocycles. The lowest BCUT2D eigenvalue weighted by atomic mass is 9.78. The van der Waals surface area contributed by atoms with E-state index in [9.17, 15) is 4.79 Å². The zero-order chi connectivity index (χ0) is 16.5. The van der Waals surface area contributed by atoms with Crippen molar-refractivity contribution in [2.24, 2.45) is 11.8 Å². The summed E-state index contributed by atoms with van der Waals surface area (Å²) in [7, 11) is 0. The van der Waals surface area contributed by atoms with Crippen molar-refractivity contribution in [2.45, 2.75) is 71.6 Å². The van der Waals surface area contributed by atoms with Crippen LogP contribution in [-0.2, 0) is 11.2 Å². The molecule has 0 saturated heterocycles. The van der Waals surface area contributed by atoms with Crippen LogP contribution < -0.4 is 0 Å². The molecule has 0 unspecified atom stereocenters. The number of benzene rings is 1. The smallest absolute Gasteiger partial charge is 0.338 e. The van der Waals surface area contributed by atoms with Crippen molar-refractivity contribution < 1.29 is 9.53 Å². The Balaban J connectivity index is 1.73. The maximum absolute atomic E-state index is 11.8. The standard InChI is InChI=1S/C21H32O2/c1-3-5-17-6-8-18(9-7-17)10-11-19-12-14-20(15-13-19)21(22)23-16-4-2/h12-15,17-18H,3-11,16H2,1-2H3. The largest absolute Gasteiger partial charge is 0.462 e. The summed E-state index contributed by atoms with van der Waals surface area (Å²) in [5, 5.41) is 0. The highest BCUT2D eigenvalue weighted by molar-refractivity contribution is 5.89. The van der Waals surface area contributed by atoms with Gasteiger partial charge in [-0.15, -0.1) is 0 Å². The van der Waals surface area contributed by atoms with E-state index in [2.05, 4.69) is 19.1 Å². The summed E-state index contributed by atoms with van der Waals surface area (Å²) in [5.74, 6) is 1.69. The molecule has 128 valence electrons. The van der Waals surface area contributed by atoms with Crippen LogP contribution in [0.25, 0.3) is 0 Å². The van der Waals surface area contributed by atoms with Crippen LogP contribution in [0.1, 0.15) is 81.1 Å². The maximum atomic E-state index is 11.8. The van der Waals surface area contributed by atoms with Crippen LogP contribution >= 0.6 is 0 Å². The molecule has 23 heavy (non-hydrogen) atoms. The summed E-state index contributed by atoms with van der Waals surface area (Å²) < 4.78 is 5.16. The van der Waals surface area contributed by atoms with Crippen LogP contribution in [0, 0.1) is 11.8 Å². The normalized spacial score (nSPS) is 21.1. The van der Waals surface area contributed by atoms with Crippen molar-refractivity contribution in [1.82, 2.24) is 0 Å². The fraction of sp³-hybridized carbons (Fsp3) is 0.667. The Kier molecular flexibility index (Phi) is 7.64. The van der Waals surface area contributed by atoms with Crippen LogP contribution in [0.3, 0.4) is 0 Å². The molecule has 2 heteroatoms. The third kappa shape index (κ3) is 6.01. The molecule has 2 rings (SSSR count). The van der Waals surface area contributed by atoms with E-state index < -0.39 is 0 Å². The molecule has 1 fully saturated rings. The van der Waals surface area contributed by atoms with Crippen molar-refractivity contribution in [1.29, 1.82) is 0 Å². The molecule has 0 bridgehead atoms. The number of carbonyl (C=O) groups excluding carboxylic acids is 1. The Morgan fingerprint density at radius 1 is 0.957 bits per heavy atom. The number of hydrogen-bond acceptors (Lipinski definition) is 2. The van der Waals surface area contributed by atoms with E-state index in [0.29, 0.717) is 12.2 Å². The first-order chi connectivity index (χ1) is 11.2. The Bertz CT molecular complexity index is 455. The molecular weight excluding hydrogens is 284 g/mol. The van der Waals surface area contributed by atoms with Crippen molar-refractivity contribution in [3.8, 4) is 0 Å². The van der Waals surface area contributed by atoms with Crippen LogP contribution in [0.2, 0.25) is 0 Å². The SMILES string of the molecule is CCCOC(=O)c1ccc(CCC2CCC(CCC)CC2)cc1. The monoisotopic (exact) mass is 316 g/mol. The molecule has 0 heterocycles. The van der Waals surface area contributed by atoms with Crippen molar-refractivity contribution in [3.63, 3.8) is 0 Å². The predicted octanol–water partition coefficient (Wildman–Crippen LogP) is 5.79. The number of hydrogen-bond donors (Lipinski definition) is 0. The van der Waals surface area contributed by atoms with Gasteiger partial charge in [-0.2, -0.15) is 0 Å². The summed E-state index contributed by atoms with van der Waals surface area (Å²) in [6, 6.07) is 7.99. The van der Waals surface area contributed by atoms with E-state index in [1.807, 2.05) is 19.1 Å². The molecule has 1 aliphatic carbocycles. The van der Waals surface area contributed by atoms with Gasteiger partial charge in [-0.05, 0) is 48.8 Å². The minimum Gasteiger partial charge on any atom is -0.462 e. The minimum atomic E-state index is -0.201. The molecule has 1 aromatic carbocycles. The topological polar surface area (TPSA) is 26.3 Å². The van der Waals surface area contributed by atoms with Crippen molar-refractivity contribution in [2.75, 3.05) is 6.61 Å². The lowest BCUT2D eigenvalue weighted by molar-refractivity contribution is 0.0505. The Morgan fingerprint density at radius 2 is 1.57 bits per heavy atom. The Hall–Kier alpha value is -1.31. The Labute approximate surface area is 141 Å². The van der Waals surface area contributed by atoms with E-state index in [0.717, 1.165) is 24.7 Å². The zero-order valence-electron chi connectivity index (χ0n) is 14.9. The van der Waals surface area contributed by atoms with Crippen LogP contribution in [0.4, 0.5) is 0 Å². The van der Waals surface area contributed by atoms with Gasteiger partial charge in [-0.1, -0.05) is 64.5 Å². The average Bonchev–Trinajstić information content (AvgIpc) is 2.60. The van der Waals surface area contributed by atoms with E-state index in [4.69, 9.17) is 4.74 Å². The van der Waals surface area contributed by atoms with Crippen LogP contribution in [0.5, 0.6) is 0 Å². The molecule has 1 saturated carbocycles. The molecule has 0 aliphatic heterocycles. The van der Waals surface area contributed by atoms with E-state index >= 15 is 0 Å². The summed E-state index contributed by atoms with van der Waals surface area (Å²) in [5.41, 5.74) is 2.01. The fourth-order valence-corrected chi connectivity index (χ4v) is 3.67. The van der Waals surface area contributed by atoms with Crippen LogP contribution in [0.15, 0.2) is 24.3 Å². The molecule has 0 amide bonds. The average molecular weight is 316 g/mol. The first-order valence-corrected chi connectivity index (χ1v) is 9.49. The number of esters is 1. The van der Waals surface area contributed by atoms with E-state index in [-0.39, 0.29) is 5.97 Å². The Morgan fingerprint density at radius 3 is 2.13 bits per heavy atom. The third-order valence-electron chi connectivity index (χ3n) is 5.13. The highest BCUT2D eigenvalue weighted by Gasteiger charge is 2.20. The second-order valence-corrected chi connectivity index (χ2v) is 7.05. The van der Waals surface area contributed by atoms with Gasteiger partial charge in [0.05, 0.1) is 12.2 Å². The summed E-state index contributed by atoms with van der Waals surface area (Å²) in [4.78, 5) is 11.8. The summed E-state index contributed by atoms with van der Waals surface area (Å²) in [6.07, 6.45) is 11.7. The lowest BCUT2D eigenvalue weighted by Crippen LogP contribution is -2.15. The van der Waals surface area contributed by atoms with Gasteiger partial charge in [0.25, 0.3) is 0 Å². The lowest BCUT2D eigenvalue weighted by Gasteiger charge is -2.28. The third-order valence-corrected chi connectivity index (χ3v) is 5.13. The van der Waals surface area contributed by atoms with Gasteiger partial charge in [0, 0.05) is 0 Å². The first-order valence-electron chi connectivity index (χ1n) is 9.49. The second-order valence-electron chi connectivity index (χ2n) is 7.05. The van der Waals surface area contributed by atoms with Gasteiger partial charge in [-0.25, -0.2) is 4.79 Å². The van der Waals surface area contributed by atoms with Crippen molar-refractivity contribution in [3.05, 3.63) is 35.4 Å². The highest BCUT2D eigenvalue weighted by atomic mass is 16.5. The molecular formula is C21H32O2. The molecule has 1 aliphatic rings. The minimum absolute atomic E-state index is 0.201. The van der Waals surface area contributed by atoms with Crippen LogP contribution in [-0.4, -0.2) is 12.6 Å². The second kappa shape index (κ2) is 9.75. The van der Waals surface area contributed by atoms with Gasteiger partial charge >= 0.3 is 5.97 Å². The zero-order valence-corrected chi connectivity index (χ0v) is 14.9. The molecule has 0 spiro atoms. The number of ether oxygens (including phenoxy) is 1. The molecule has 0 atom stereocenters. The van der Waals surface area contributed by atoms with Gasteiger partial charge in [0.1, 0.15) is 0 Å². The molecule has 2 nitrogen and oxygen atoms in total. The number of rotatable bonds is 8. The number of aryl methyl sites for hydroxylation is 1. The molecule has 0 radical (unpaired) electrons. The van der Waals surface area contributed by atoms with Crippen molar-refractivity contribution >= 4 is 5.97 Å². The highest BCUT2D eigenvalue weighted by Crippen LogP contribution is 2.33. The van der Waals surface area contributed by atoms with Gasteiger partial charge in [0.15, 0.2) is 0 Å². The predicted molar refractivity (Wildman–Crippen MR) is 95.7 cm³/mol.